The monoisotopic (exact) mass is 379 g/mol. The summed E-state index contributed by atoms with van der Waals surface area (Å²) in [6.45, 7) is 1.54. The number of carbonyl (C=O) groups excluding carboxylic acids is 2. The van der Waals surface area contributed by atoms with Crippen LogP contribution in [-0.2, 0) is 9.53 Å². The lowest BCUT2D eigenvalue weighted by molar-refractivity contribution is -0.131. The summed E-state index contributed by atoms with van der Waals surface area (Å²) in [5.41, 5.74) is 4.67. The molecule has 6 heteroatoms. The molecule has 1 aliphatic carbocycles. The van der Waals surface area contributed by atoms with Gasteiger partial charge in [0.2, 0.25) is 0 Å². The van der Waals surface area contributed by atoms with Gasteiger partial charge in [-0.3, -0.25) is 10.1 Å². The number of thiophene rings is 1. The number of carbonyl (C=O) groups is 2. The molecular formula is C21H17NO4S. The van der Waals surface area contributed by atoms with Crippen molar-refractivity contribution in [1.29, 1.82) is 0 Å². The Balaban J connectivity index is 1.47. The average molecular weight is 379 g/mol. The van der Waals surface area contributed by atoms with Gasteiger partial charge in [0.15, 0.2) is 5.75 Å². The summed E-state index contributed by atoms with van der Waals surface area (Å²) in [7, 11) is 0. The van der Waals surface area contributed by atoms with E-state index in [2.05, 4.69) is 29.6 Å². The molecule has 0 saturated heterocycles. The molecule has 0 saturated carbocycles. The standard InChI is InChI=1S/C21H17NO4S/c1-13(23)26-19-10-11-27-20(19)22-21(24)25-12-18-16-8-4-2-6-14(16)15-7-3-5-9-17(15)18/h2-11,18H,12H2,1H3,(H,22,24). The van der Waals surface area contributed by atoms with E-state index in [1.165, 1.54) is 29.4 Å². The molecule has 4 rings (SSSR count). The zero-order valence-electron chi connectivity index (χ0n) is 14.6. The highest BCUT2D eigenvalue weighted by Gasteiger charge is 2.29. The Morgan fingerprint density at radius 2 is 1.63 bits per heavy atom. The Kier molecular flexibility index (Phi) is 4.64. The van der Waals surface area contributed by atoms with Crippen molar-refractivity contribution < 1.29 is 19.1 Å². The zero-order valence-corrected chi connectivity index (χ0v) is 15.4. The number of amides is 1. The molecule has 0 unspecified atom stereocenters. The quantitative estimate of drug-likeness (QED) is 0.646. The molecule has 0 aliphatic heterocycles. The van der Waals surface area contributed by atoms with E-state index in [0.717, 1.165) is 11.1 Å². The number of rotatable bonds is 4. The minimum atomic E-state index is -0.576. The van der Waals surface area contributed by atoms with Crippen LogP contribution < -0.4 is 10.1 Å². The maximum Gasteiger partial charge on any atom is 0.412 e. The summed E-state index contributed by atoms with van der Waals surface area (Å²) in [5, 5.41) is 4.83. The summed E-state index contributed by atoms with van der Waals surface area (Å²) in [6, 6.07) is 18.0. The maximum atomic E-state index is 12.3. The molecule has 27 heavy (non-hydrogen) atoms. The molecule has 1 aliphatic rings. The highest BCUT2D eigenvalue weighted by molar-refractivity contribution is 7.14. The molecule has 3 aromatic rings. The van der Waals surface area contributed by atoms with Crippen LogP contribution >= 0.6 is 11.3 Å². The van der Waals surface area contributed by atoms with E-state index in [4.69, 9.17) is 9.47 Å². The summed E-state index contributed by atoms with van der Waals surface area (Å²) in [6.07, 6.45) is -0.576. The maximum absolute atomic E-state index is 12.3. The van der Waals surface area contributed by atoms with Crippen molar-refractivity contribution in [2.24, 2.45) is 0 Å². The third-order valence-corrected chi connectivity index (χ3v) is 5.25. The summed E-state index contributed by atoms with van der Waals surface area (Å²) in [5.74, 6) is -0.121. The third kappa shape index (κ3) is 3.44. The normalized spacial score (nSPS) is 12.2. The van der Waals surface area contributed by atoms with Gasteiger partial charge in [-0.15, -0.1) is 11.3 Å². The van der Waals surface area contributed by atoms with E-state index in [1.54, 1.807) is 11.4 Å². The van der Waals surface area contributed by atoms with Gasteiger partial charge in [0.1, 0.15) is 11.6 Å². The summed E-state index contributed by atoms with van der Waals surface area (Å²) in [4.78, 5) is 23.4. The number of ether oxygens (including phenoxy) is 2. The van der Waals surface area contributed by atoms with Crippen LogP contribution in [0.25, 0.3) is 11.1 Å². The molecule has 0 bridgehead atoms. The average Bonchev–Trinajstić information content (AvgIpc) is 3.22. The zero-order chi connectivity index (χ0) is 18.8. The highest BCUT2D eigenvalue weighted by Crippen LogP contribution is 2.44. The van der Waals surface area contributed by atoms with Crippen LogP contribution in [0.15, 0.2) is 60.0 Å². The molecule has 136 valence electrons. The summed E-state index contributed by atoms with van der Waals surface area (Å²) >= 11 is 1.27. The van der Waals surface area contributed by atoms with E-state index >= 15 is 0 Å². The molecule has 5 nitrogen and oxygen atoms in total. The number of benzene rings is 2. The molecule has 0 spiro atoms. The van der Waals surface area contributed by atoms with Crippen molar-refractivity contribution in [3.8, 4) is 16.9 Å². The Morgan fingerprint density at radius 3 is 2.26 bits per heavy atom. The van der Waals surface area contributed by atoms with Gasteiger partial charge in [0, 0.05) is 12.8 Å². The lowest BCUT2D eigenvalue weighted by atomic mass is 9.98. The molecule has 1 amide bonds. The van der Waals surface area contributed by atoms with Crippen molar-refractivity contribution in [2.45, 2.75) is 12.8 Å². The molecule has 1 aromatic heterocycles. The van der Waals surface area contributed by atoms with E-state index in [9.17, 15) is 9.59 Å². The second-order valence-electron chi connectivity index (χ2n) is 6.16. The van der Waals surface area contributed by atoms with Crippen LogP contribution in [0.3, 0.4) is 0 Å². The van der Waals surface area contributed by atoms with Crippen molar-refractivity contribution in [3.05, 3.63) is 71.1 Å². The molecule has 0 atom stereocenters. The SMILES string of the molecule is CC(=O)Oc1ccsc1NC(=O)OCC1c2ccccc2-c2ccccc21. The number of nitrogens with one attached hydrogen (secondary N) is 1. The van der Waals surface area contributed by atoms with Gasteiger partial charge in [-0.05, 0) is 33.7 Å². The van der Waals surface area contributed by atoms with Crippen LogP contribution in [0.5, 0.6) is 5.75 Å². The van der Waals surface area contributed by atoms with Gasteiger partial charge in [-0.25, -0.2) is 4.79 Å². The minimum Gasteiger partial charge on any atom is -0.448 e. The minimum absolute atomic E-state index is 0.000532. The Labute approximate surface area is 160 Å². The van der Waals surface area contributed by atoms with E-state index < -0.39 is 12.1 Å². The second kappa shape index (κ2) is 7.25. The predicted molar refractivity (Wildman–Crippen MR) is 104 cm³/mol. The van der Waals surface area contributed by atoms with Gasteiger partial charge >= 0.3 is 12.1 Å². The predicted octanol–water partition coefficient (Wildman–Crippen LogP) is 5.03. The first kappa shape index (κ1) is 17.3. The number of hydrogen-bond donors (Lipinski definition) is 1. The van der Waals surface area contributed by atoms with Crippen LogP contribution in [0.1, 0.15) is 24.0 Å². The molecule has 0 fully saturated rings. The number of anilines is 1. The molecule has 2 aromatic carbocycles. The van der Waals surface area contributed by atoms with Crippen LogP contribution in [0, 0.1) is 0 Å². The lowest BCUT2D eigenvalue weighted by Gasteiger charge is -2.14. The van der Waals surface area contributed by atoms with Gasteiger partial charge in [-0.2, -0.15) is 0 Å². The Hall–Kier alpha value is -3.12. The van der Waals surface area contributed by atoms with E-state index in [0.29, 0.717) is 10.8 Å². The van der Waals surface area contributed by atoms with Crippen molar-refractivity contribution in [2.75, 3.05) is 11.9 Å². The van der Waals surface area contributed by atoms with Gasteiger partial charge < -0.3 is 9.47 Å². The first-order valence-electron chi connectivity index (χ1n) is 8.51. The van der Waals surface area contributed by atoms with Gasteiger partial charge in [0.05, 0.1) is 0 Å². The highest BCUT2D eigenvalue weighted by atomic mass is 32.1. The van der Waals surface area contributed by atoms with Crippen LogP contribution in [-0.4, -0.2) is 18.7 Å². The third-order valence-electron chi connectivity index (χ3n) is 4.44. The van der Waals surface area contributed by atoms with Crippen LogP contribution in [0.4, 0.5) is 9.80 Å². The number of hydrogen-bond acceptors (Lipinski definition) is 5. The van der Waals surface area contributed by atoms with Crippen molar-refractivity contribution in [3.63, 3.8) is 0 Å². The fourth-order valence-electron chi connectivity index (χ4n) is 3.35. The first-order chi connectivity index (χ1) is 13.1. The van der Waals surface area contributed by atoms with Gasteiger partial charge in [0.25, 0.3) is 0 Å². The second-order valence-corrected chi connectivity index (χ2v) is 7.07. The van der Waals surface area contributed by atoms with Gasteiger partial charge in [-0.1, -0.05) is 48.5 Å². The summed E-state index contributed by atoms with van der Waals surface area (Å²) < 4.78 is 10.5. The van der Waals surface area contributed by atoms with Crippen LogP contribution in [0.2, 0.25) is 0 Å². The number of esters is 1. The molecule has 1 heterocycles. The molecular weight excluding hydrogens is 362 g/mol. The number of fused-ring (bicyclic) bond motifs is 3. The topological polar surface area (TPSA) is 64.6 Å². The largest absolute Gasteiger partial charge is 0.448 e. The Bertz CT molecular complexity index is 965. The Morgan fingerprint density at radius 1 is 1.00 bits per heavy atom. The van der Waals surface area contributed by atoms with Crippen molar-refractivity contribution in [1.82, 2.24) is 0 Å². The fourth-order valence-corrected chi connectivity index (χ4v) is 4.05. The molecule has 0 radical (unpaired) electrons. The lowest BCUT2D eigenvalue weighted by Crippen LogP contribution is -2.18. The first-order valence-corrected chi connectivity index (χ1v) is 9.39. The van der Waals surface area contributed by atoms with Crippen molar-refractivity contribution >= 4 is 28.4 Å². The van der Waals surface area contributed by atoms with E-state index in [1.807, 2.05) is 24.3 Å². The smallest absolute Gasteiger partial charge is 0.412 e. The van der Waals surface area contributed by atoms with E-state index in [-0.39, 0.29) is 12.5 Å². The fraction of sp³-hybridized carbons (Fsp3) is 0.143. The molecule has 1 N–H and O–H groups in total.